The largest absolute Gasteiger partial charge is 0.497 e. The maximum Gasteiger partial charge on any atom is 0.132 e. The van der Waals surface area contributed by atoms with E-state index in [0.29, 0.717) is 5.82 Å². The third kappa shape index (κ3) is 2.80. The van der Waals surface area contributed by atoms with Crippen molar-refractivity contribution in [3.05, 3.63) is 52.7 Å². The van der Waals surface area contributed by atoms with Crippen LogP contribution in [0.4, 0.5) is 5.82 Å². The number of nitrogens with zero attached hydrogens (tertiary/aromatic N) is 2. The number of anilines is 1. The molecule has 2 heterocycles. The lowest BCUT2D eigenvalue weighted by atomic mass is 9.96. The van der Waals surface area contributed by atoms with Gasteiger partial charge in [0, 0.05) is 37.6 Å². The molecule has 0 spiro atoms. The molecule has 1 aliphatic heterocycles. The Bertz CT molecular complexity index is 682. The van der Waals surface area contributed by atoms with Crippen molar-refractivity contribution >= 4 is 12.0 Å². The van der Waals surface area contributed by atoms with Gasteiger partial charge in [0.15, 0.2) is 0 Å². The standard InChI is InChI=1S/C17H20N4O/c1-22-14-4-2-12(3-5-14)10-21-7-6-15-13(11-21)9-20-17(19)16(15)8-18/h2-5,8-9,18H,6-7,10-11H2,1H3,(H2,19,20). The highest BCUT2D eigenvalue weighted by atomic mass is 16.5. The molecule has 0 saturated heterocycles. The van der Waals surface area contributed by atoms with Gasteiger partial charge in [0.25, 0.3) is 0 Å². The Balaban J connectivity index is 1.75. The van der Waals surface area contributed by atoms with Crippen LogP contribution in [-0.4, -0.2) is 29.8 Å². The molecule has 2 aromatic rings. The zero-order chi connectivity index (χ0) is 15.5. The number of hydrogen-bond donors (Lipinski definition) is 2. The second-order valence-electron chi connectivity index (χ2n) is 5.51. The Hall–Kier alpha value is -2.40. The normalized spacial score (nSPS) is 14.4. The monoisotopic (exact) mass is 296 g/mol. The number of rotatable bonds is 4. The Labute approximate surface area is 130 Å². The van der Waals surface area contributed by atoms with Gasteiger partial charge in [-0.1, -0.05) is 12.1 Å². The molecule has 22 heavy (non-hydrogen) atoms. The molecule has 0 atom stereocenters. The summed E-state index contributed by atoms with van der Waals surface area (Å²) in [4.78, 5) is 6.60. The number of hydrogen-bond acceptors (Lipinski definition) is 5. The molecule has 0 saturated carbocycles. The number of nitrogens with two attached hydrogens (primary N) is 1. The van der Waals surface area contributed by atoms with Crippen LogP contribution in [0.3, 0.4) is 0 Å². The van der Waals surface area contributed by atoms with Crippen molar-refractivity contribution in [2.24, 2.45) is 0 Å². The molecule has 1 aromatic carbocycles. The van der Waals surface area contributed by atoms with Crippen molar-refractivity contribution in [1.29, 1.82) is 5.41 Å². The fourth-order valence-corrected chi connectivity index (χ4v) is 2.93. The van der Waals surface area contributed by atoms with Gasteiger partial charge in [0.05, 0.1) is 7.11 Å². The summed E-state index contributed by atoms with van der Waals surface area (Å²) in [6, 6.07) is 8.17. The lowest BCUT2D eigenvalue weighted by Crippen LogP contribution is -2.31. The molecule has 0 fully saturated rings. The second-order valence-corrected chi connectivity index (χ2v) is 5.51. The third-order valence-corrected chi connectivity index (χ3v) is 4.13. The highest BCUT2D eigenvalue weighted by molar-refractivity contribution is 5.86. The summed E-state index contributed by atoms with van der Waals surface area (Å²) in [7, 11) is 1.68. The van der Waals surface area contributed by atoms with Crippen molar-refractivity contribution in [2.45, 2.75) is 19.5 Å². The van der Waals surface area contributed by atoms with E-state index in [1.165, 1.54) is 22.9 Å². The molecule has 5 heteroatoms. The smallest absolute Gasteiger partial charge is 0.132 e. The van der Waals surface area contributed by atoms with Gasteiger partial charge in [-0.25, -0.2) is 4.98 Å². The lowest BCUT2D eigenvalue weighted by Gasteiger charge is -2.29. The summed E-state index contributed by atoms with van der Waals surface area (Å²) in [6.45, 7) is 2.70. The van der Waals surface area contributed by atoms with Crippen LogP contribution in [0, 0.1) is 5.41 Å². The molecule has 114 valence electrons. The Morgan fingerprint density at radius 2 is 2.14 bits per heavy atom. The molecule has 1 aliphatic rings. The van der Waals surface area contributed by atoms with Gasteiger partial charge in [-0.05, 0) is 35.2 Å². The highest BCUT2D eigenvalue weighted by Gasteiger charge is 2.20. The van der Waals surface area contributed by atoms with Crippen molar-refractivity contribution in [2.75, 3.05) is 19.4 Å². The van der Waals surface area contributed by atoms with E-state index in [1.54, 1.807) is 7.11 Å². The van der Waals surface area contributed by atoms with E-state index in [4.69, 9.17) is 15.9 Å². The Morgan fingerprint density at radius 3 is 2.82 bits per heavy atom. The number of pyridine rings is 1. The van der Waals surface area contributed by atoms with Crippen LogP contribution in [-0.2, 0) is 19.5 Å². The quantitative estimate of drug-likeness (QED) is 0.848. The van der Waals surface area contributed by atoms with Crippen LogP contribution >= 0.6 is 0 Å². The first kappa shape index (κ1) is 14.5. The average molecular weight is 296 g/mol. The van der Waals surface area contributed by atoms with Gasteiger partial charge >= 0.3 is 0 Å². The predicted octanol–water partition coefficient (Wildman–Crippen LogP) is 2.23. The van der Waals surface area contributed by atoms with E-state index in [9.17, 15) is 0 Å². The first-order chi connectivity index (χ1) is 10.7. The van der Waals surface area contributed by atoms with Gasteiger partial charge in [0.2, 0.25) is 0 Å². The summed E-state index contributed by atoms with van der Waals surface area (Å²) < 4.78 is 5.19. The van der Waals surface area contributed by atoms with Crippen molar-refractivity contribution in [3.63, 3.8) is 0 Å². The number of aromatic nitrogens is 1. The van der Waals surface area contributed by atoms with E-state index in [-0.39, 0.29) is 0 Å². The topological polar surface area (TPSA) is 75.2 Å². The van der Waals surface area contributed by atoms with Gasteiger partial charge in [-0.3, -0.25) is 4.90 Å². The number of nitrogen functional groups attached to an aromatic ring is 1. The van der Waals surface area contributed by atoms with Crippen LogP contribution in [0.25, 0.3) is 0 Å². The molecule has 1 aromatic heterocycles. The number of nitrogens with one attached hydrogen (secondary N) is 1. The van der Waals surface area contributed by atoms with Gasteiger partial charge in [0.1, 0.15) is 11.6 Å². The molecule has 3 rings (SSSR count). The molecular weight excluding hydrogens is 276 g/mol. The van der Waals surface area contributed by atoms with E-state index in [2.05, 4.69) is 22.0 Å². The summed E-state index contributed by atoms with van der Waals surface area (Å²) >= 11 is 0. The molecule has 5 nitrogen and oxygen atoms in total. The number of fused-ring (bicyclic) bond motifs is 1. The fourth-order valence-electron chi connectivity index (χ4n) is 2.93. The summed E-state index contributed by atoms with van der Waals surface area (Å²) in [5.41, 5.74) is 10.2. The van der Waals surface area contributed by atoms with Crippen LogP contribution in [0.1, 0.15) is 22.3 Å². The van der Waals surface area contributed by atoms with Crippen LogP contribution in [0.2, 0.25) is 0 Å². The molecule has 0 unspecified atom stereocenters. The zero-order valence-corrected chi connectivity index (χ0v) is 12.7. The van der Waals surface area contributed by atoms with Gasteiger partial charge < -0.3 is 15.9 Å². The Morgan fingerprint density at radius 1 is 1.36 bits per heavy atom. The Kier molecular flexibility index (Phi) is 4.06. The minimum absolute atomic E-state index is 0.456. The van der Waals surface area contributed by atoms with Crippen LogP contribution < -0.4 is 10.5 Å². The maximum atomic E-state index is 7.52. The first-order valence-electron chi connectivity index (χ1n) is 7.33. The first-order valence-corrected chi connectivity index (χ1v) is 7.33. The molecule has 0 aliphatic carbocycles. The SMILES string of the molecule is COc1ccc(CN2CCc3c(cnc(N)c3C=N)C2)cc1. The summed E-state index contributed by atoms with van der Waals surface area (Å²) in [5, 5.41) is 7.52. The number of methoxy groups -OCH3 is 1. The number of ether oxygens (including phenoxy) is 1. The predicted molar refractivity (Wildman–Crippen MR) is 87.3 cm³/mol. The van der Waals surface area contributed by atoms with E-state index < -0.39 is 0 Å². The average Bonchev–Trinajstić information content (AvgIpc) is 2.55. The second kappa shape index (κ2) is 6.15. The molecule has 0 amide bonds. The fraction of sp³-hybridized carbons (Fsp3) is 0.294. The molecule has 0 bridgehead atoms. The lowest BCUT2D eigenvalue weighted by molar-refractivity contribution is 0.245. The number of benzene rings is 1. The van der Waals surface area contributed by atoms with Gasteiger partial charge in [-0.2, -0.15) is 0 Å². The highest BCUT2D eigenvalue weighted by Crippen LogP contribution is 2.25. The summed E-state index contributed by atoms with van der Waals surface area (Å²) in [5.74, 6) is 1.33. The van der Waals surface area contributed by atoms with Crippen molar-refractivity contribution in [3.8, 4) is 5.75 Å². The van der Waals surface area contributed by atoms with E-state index >= 15 is 0 Å². The van der Waals surface area contributed by atoms with Crippen LogP contribution in [0.15, 0.2) is 30.5 Å². The van der Waals surface area contributed by atoms with Crippen molar-refractivity contribution < 1.29 is 4.74 Å². The van der Waals surface area contributed by atoms with E-state index in [0.717, 1.165) is 37.4 Å². The maximum absolute atomic E-state index is 7.52. The molecule has 0 radical (unpaired) electrons. The van der Waals surface area contributed by atoms with Gasteiger partial charge in [-0.15, -0.1) is 0 Å². The molecule has 3 N–H and O–H groups in total. The summed E-state index contributed by atoms with van der Waals surface area (Å²) in [6.07, 6.45) is 4.07. The minimum Gasteiger partial charge on any atom is -0.497 e. The van der Waals surface area contributed by atoms with E-state index in [1.807, 2.05) is 18.3 Å². The van der Waals surface area contributed by atoms with Crippen LogP contribution in [0.5, 0.6) is 5.75 Å². The minimum atomic E-state index is 0.456. The molecular formula is C17H20N4O. The van der Waals surface area contributed by atoms with Crippen molar-refractivity contribution in [1.82, 2.24) is 9.88 Å². The zero-order valence-electron chi connectivity index (χ0n) is 12.7. The third-order valence-electron chi connectivity index (χ3n) is 4.13.